The summed E-state index contributed by atoms with van der Waals surface area (Å²) in [5, 5.41) is 3.54. The van der Waals surface area contributed by atoms with Crippen molar-refractivity contribution in [3.8, 4) is 0 Å². The lowest BCUT2D eigenvalue weighted by atomic mass is 9.93. The van der Waals surface area contributed by atoms with Gasteiger partial charge in [-0.1, -0.05) is 20.8 Å². The van der Waals surface area contributed by atoms with Crippen molar-refractivity contribution in [2.45, 2.75) is 27.2 Å². The van der Waals surface area contributed by atoms with Crippen LogP contribution in [0.4, 0.5) is 0 Å². The Morgan fingerprint density at radius 1 is 1.44 bits per heavy atom. The van der Waals surface area contributed by atoms with Crippen LogP contribution in [0.15, 0.2) is 5.10 Å². The summed E-state index contributed by atoms with van der Waals surface area (Å²) in [4.78, 5) is 0. The molecule has 0 spiro atoms. The first-order chi connectivity index (χ1) is 4.06. The Morgan fingerprint density at radius 2 is 2.00 bits per heavy atom. The molecule has 0 fully saturated rings. The van der Waals surface area contributed by atoms with Crippen LogP contribution in [0.25, 0.3) is 0 Å². The molecule has 0 rings (SSSR count). The van der Waals surface area contributed by atoms with E-state index in [9.17, 15) is 0 Å². The summed E-state index contributed by atoms with van der Waals surface area (Å²) < 4.78 is 0. The Morgan fingerprint density at radius 3 is 2.33 bits per heavy atom. The number of nitrogens with one attached hydrogen (secondary N) is 1. The number of nitrogens with zero attached hydrogens (tertiary/aromatic N) is 1. The molecule has 0 bridgehead atoms. The lowest BCUT2D eigenvalue weighted by molar-refractivity contribution is 0.369. The van der Waals surface area contributed by atoms with Gasteiger partial charge >= 0.3 is 0 Å². The van der Waals surface area contributed by atoms with Gasteiger partial charge in [-0.05, 0) is 11.8 Å². The highest BCUT2D eigenvalue weighted by Gasteiger charge is 2.07. The van der Waals surface area contributed by atoms with Gasteiger partial charge in [0.2, 0.25) is 0 Å². The van der Waals surface area contributed by atoms with Crippen molar-refractivity contribution < 1.29 is 0 Å². The normalized spacial score (nSPS) is 11.0. The second-order valence-corrected chi connectivity index (χ2v) is 3.38. The Kier molecular flexibility index (Phi) is 3.28. The average Bonchev–Trinajstić information content (AvgIpc) is 1.63. The monoisotopic (exact) mass is 128 g/mol. The predicted molar refractivity (Wildman–Crippen MR) is 41.6 cm³/mol. The van der Waals surface area contributed by atoms with Crippen LogP contribution in [0.3, 0.4) is 0 Å². The highest BCUT2D eigenvalue weighted by atomic mass is 15.3. The Labute approximate surface area is 57.3 Å². The van der Waals surface area contributed by atoms with Gasteiger partial charge in [-0.15, -0.1) is 0 Å². The lowest BCUT2D eigenvalue weighted by Gasteiger charge is -2.16. The Bertz CT molecular complexity index is 81.4. The van der Waals surface area contributed by atoms with Crippen molar-refractivity contribution in [2.75, 3.05) is 6.54 Å². The lowest BCUT2D eigenvalue weighted by Crippen LogP contribution is -2.15. The smallest absolute Gasteiger partial charge is 0.0334 e. The molecule has 0 aromatic heterocycles. The van der Waals surface area contributed by atoms with Gasteiger partial charge in [-0.25, -0.2) is 0 Å². The van der Waals surface area contributed by atoms with Crippen molar-refractivity contribution in [3.05, 3.63) is 0 Å². The van der Waals surface area contributed by atoms with E-state index >= 15 is 0 Å². The van der Waals surface area contributed by atoms with Crippen LogP contribution >= 0.6 is 0 Å². The van der Waals surface area contributed by atoms with Crippen LogP contribution in [-0.4, -0.2) is 13.3 Å². The number of rotatable bonds is 3. The van der Waals surface area contributed by atoms with E-state index in [0.717, 1.165) is 13.0 Å². The highest BCUT2D eigenvalue weighted by molar-refractivity contribution is 5.22. The largest absolute Gasteiger partial charge is 0.311 e. The first-order valence-electron chi connectivity index (χ1n) is 3.25. The minimum Gasteiger partial charge on any atom is -0.311 e. The van der Waals surface area contributed by atoms with Gasteiger partial charge in [0.15, 0.2) is 0 Å². The van der Waals surface area contributed by atoms with Gasteiger partial charge < -0.3 is 5.43 Å². The van der Waals surface area contributed by atoms with E-state index < -0.39 is 0 Å². The van der Waals surface area contributed by atoms with E-state index in [-0.39, 0.29) is 0 Å². The molecule has 0 aliphatic carbocycles. The first kappa shape index (κ1) is 8.47. The van der Waals surface area contributed by atoms with Crippen LogP contribution in [0.5, 0.6) is 0 Å². The maximum absolute atomic E-state index is 3.54. The number of hydrogen-bond acceptors (Lipinski definition) is 2. The maximum atomic E-state index is 3.54. The Hall–Kier alpha value is -0.530. The van der Waals surface area contributed by atoms with Crippen LogP contribution in [0, 0.1) is 5.41 Å². The van der Waals surface area contributed by atoms with Gasteiger partial charge in [0, 0.05) is 13.3 Å². The summed E-state index contributed by atoms with van der Waals surface area (Å²) in [5.74, 6) is 0. The summed E-state index contributed by atoms with van der Waals surface area (Å²) in [6.07, 6.45) is 1.13. The zero-order valence-corrected chi connectivity index (χ0v) is 6.57. The third-order valence-corrected chi connectivity index (χ3v) is 1.10. The molecule has 0 saturated heterocycles. The summed E-state index contributed by atoms with van der Waals surface area (Å²) in [7, 11) is 0. The zero-order chi connectivity index (χ0) is 7.33. The van der Waals surface area contributed by atoms with Crippen molar-refractivity contribution >= 4 is 6.72 Å². The minimum absolute atomic E-state index is 0.400. The molecule has 0 aromatic carbocycles. The van der Waals surface area contributed by atoms with E-state index in [2.05, 4.69) is 38.0 Å². The Balaban J connectivity index is 3.17. The quantitative estimate of drug-likeness (QED) is 0.348. The summed E-state index contributed by atoms with van der Waals surface area (Å²) in [5.41, 5.74) is 3.22. The van der Waals surface area contributed by atoms with Gasteiger partial charge in [0.1, 0.15) is 0 Å². The topological polar surface area (TPSA) is 24.4 Å². The molecule has 0 aromatic rings. The first-order valence-corrected chi connectivity index (χ1v) is 3.25. The predicted octanol–water partition coefficient (Wildman–Crippen LogP) is 1.63. The van der Waals surface area contributed by atoms with Gasteiger partial charge in [-0.3, -0.25) is 0 Å². The van der Waals surface area contributed by atoms with Crippen LogP contribution in [-0.2, 0) is 0 Å². The molecule has 0 aliphatic rings. The van der Waals surface area contributed by atoms with Crippen molar-refractivity contribution in [1.29, 1.82) is 0 Å². The molecule has 2 heteroatoms. The molecular formula is C7H16N2. The molecule has 9 heavy (non-hydrogen) atoms. The van der Waals surface area contributed by atoms with E-state index in [1.807, 2.05) is 0 Å². The number of hydrazone groups is 1. The van der Waals surface area contributed by atoms with Crippen molar-refractivity contribution in [1.82, 2.24) is 5.43 Å². The molecule has 0 amide bonds. The van der Waals surface area contributed by atoms with Crippen molar-refractivity contribution in [3.63, 3.8) is 0 Å². The van der Waals surface area contributed by atoms with Crippen molar-refractivity contribution in [2.24, 2.45) is 10.5 Å². The summed E-state index contributed by atoms with van der Waals surface area (Å²) in [6, 6.07) is 0. The van der Waals surface area contributed by atoms with E-state index in [4.69, 9.17) is 0 Å². The number of hydrogen-bond donors (Lipinski definition) is 1. The van der Waals surface area contributed by atoms with Crippen LogP contribution in [0.1, 0.15) is 27.2 Å². The third kappa shape index (κ3) is 7.47. The van der Waals surface area contributed by atoms with E-state index in [1.54, 1.807) is 0 Å². The molecule has 0 saturated carbocycles. The SMILES string of the molecule is C=NNCCC(C)(C)C. The van der Waals surface area contributed by atoms with Gasteiger partial charge in [0.05, 0.1) is 0 Å². The molecule has 0 radical (unpaired) electrons. The second-order valence-electron chi connectivity index (χ2n) is 3.38. The zero-order valence-electron chi connectivity index (χ0n) is 6.57. The van der Waals surface area contributed by atoms with Gasteiger partial charge in [-0.2, -0.15) is 5.10 Å². The molecule has 0 heterocycles. The summed E-state index contributed by atoms with van der Waals surface area (Å²) >= 11 is 0. The molecule has 2 nitrogen and oxygen atoms in total. The molecule has 0 atom stereocenters. The molecule has 0 aliphatic heterocycles. The fraction of sp³-hybridized carbons (Fsp3) is 0.857. The third-order valence-electron chi connectivity index (χ3n) is 1.10. The van der Waals surface area contributed by atoms with Crippen LogP contribution in [0.2, 0.25) is 0 Å². The van der Waals surface area contributed by atoms with E-state index in [1.165, 1.54) is 0 Å². The minimum atomic E-state index is 0.400. The van der Waals surface area contributed by atoms with Crippen LogP contribution < -0.4 is 5.43 Å². The van der Waals surface area contributed by atoms with Gasteiger partial charge in [0.25, 0.3) is 0 Å². The molecule has 1 N–H and O–H groups in total. The van der Waals surface area contributed by atoms with E-state index in [0.29, 0.717) is 5.41 Å². The molecular weight excluding hydrogens is 112 g/mol. The standard InChI is InChI=1S/C7H16N2/c1-7(2,3)5-6-9-8-4/h9H,4-6H2,1-3H3. The summed E-state index contributed by atoms with van der Waals surface area (Å²) in [6.45, 7) is 10.9. The fourth-order valence-corrected chi connectivity index (χ4v) is 0.510. The molecule has 54 valence electrons. The maximum Gasteiger partial charge on any atom is 0.0334 e. The fourth-order valence-electron chi connectivity index (χ4n) is 0.510. The second kappa shape index (κ2) is 3.49. The molecule has 0 unspecified atom stereocenters. The highest BCUT2D eigenvalue weighted by Crippen LogP contribution is 2.16. The average molecular weight is 128 g/mol.